The summed E-state index contributed by atoms with van der Waals surface area (Å²) in [5.41, 5.74) is 0. The number of piperidine rings is 1. The molecule has 1 amide bonds. The van der Waals surface area contributed by atoms with Gasteiger partial charge in [0, 0.05) is 6.54 Å². The summed E-state index contributed by atoms with van der Waals surface area (Å²) < 4.78 is 5.54. The fourth-order valence-electron chi connectivity index (χ4n) is 2.68. The Morgan fingerprint density at radius 1 is 1.41 bits per heavy atom. The van der Waals surface area contributed by atoms with Crippen LogP contribution in [0.15, 0.2) is 0 Å². The van der Waals surface area contributed by atoms with Gasteiger partial charge < -0.3 is 15.4 Å². The Balaban J connectivity index is 1.59. The van der Waals surface area contributed by atoms with Gasteiger partial charge in [-0.25, -0.2) is 0 Å². The van der Waals surface area contributed by atoms with Gasteiger partial charge in [0.05, 0.1) is 6.10 Å². The number of amides is 1. The highest BCUT2D eigenvalue weighted by molar-refractivity contribution is 5.80. The lowest BCUT2D eigenvalue weighted by Crippen LogP contribution is -2.37. The Hall–Kier alpha value is -0.610. The summed E-state index contributed by atoms with van der Waals surface area (Å²) in [5.74, 6) is 0.811. The topological polar surface area (TPSA) is 50.4 Å². The summed E-state index contributed by atoms with van der Waals surface area (Å²) in [6, 6.07) is 0. The molecule has 2 aliphatic rings. The van der Waals surface area contributed by atoms with Gasteiger partial charge in [-0.15, -0.1) is 0 Å². The van der Waals surface area contributed by atoms with Crippen molar-refractivity contribution in [1.29, 1.82) is 0 Å². The summed E-state index contributed by atoms with van der Waals surface area (Å²) in [6.45, 7) is 5.07. The van der Waals surface area contributed by atoms with Crippen LogP contribution >= 0.6 is 0 Å². The lowest BCUT2D eigenvalue weighted by Gasteiger charge is -2.22. The van der Waals surface area contributed by atoms with Crippen LogP contribution in [0.5, 0.6) is 0 Å². The molecule has 0 aromatic rings. The molecule has 2 heterocycles. The number of nitrogens with one attached hydrogen (secondary N) is 2. The molecule has 2 fully saturated rings. The first-order valence-electron chi connectivity index (χ1n) is 6.89. The number of rotatable bonds is 4. The van der Waals surface area contributed by atoms with E-state index in [2.05, 4.69) is 10.6 Å². The number of hydrogen-bond acceptors (Lipinski definition) is 3. The smallest absolute Gasteiger partial charge is 0.249 e. The standard InChI is InChI=1S/C13H24N2O2/c1-10-4-5-12(17-10)13(16)15-8-6-11-3-2-7-14-9-11/h10-12,14H,2-9H2,1H3,(H,15,16). The molecule has 0 radical (unpaired) electrons. The molecule has 98 valence electrons. The van der Waals surface area contributed by atoms with Crippen LogP contribution in [0.1, 0.15) is 39.0 Å². The van der Waals surface area contributed by atoms with Gasteiger partial charge in [-0.1, -0.05) is 0 Å². The molecular formula is C13H24N2O2. The Bertz CT molecular complexity index is 252. The molecule has 2 N–H and O–H groups in total. The van der Waals surface area contributed by atoms with Gasteiger partial charge in [0.25, 0.3) is 0 Å². The summed E-state index contributed by atoms with van der Waals surface area (Å²) >= 11 is 0. The maximum atomic E-state index is 11.8. The van der Waals surface area contributed by atoms with Crippen molar-refractivity contribution in [3.8, 4) is 0 Å². The van der Waals surface area contributed by atoms with Crippen LogP contribution < -0.4 is 10.6 Å². The molecular weight excluding hydrogens is 216 g/mol. The zero-order valence-electron chi connectivity index (χ0n) is 10.7. The van der Waals surface area contributed by atoms with E-state index >= 15 is 0 Å². The lowest BCUT2D eigenvalue weighted by molar-refractivity contribution is -0.131. The van der Waals surface area contributed by atoms with Crippen LogP contribution in [0.25, 0.3) is 0 Å². The minimum Gasteiger partial charge on any atom is -0.365 e. The SMILES string of the molecule is CC1CCC(C(=O)NCCC2CCCNC2)O1. The van der Waals surface area contributed by atoms with Crippen LogP contribution in [-0.2, 0) is 9.53 Å². The molecule has 0 bridgehead atoms. The van der Waals surface area contributed by atoms with Crippen LogP contribution in [0.3, 0.4) is 0 Å². The van der Waals surface area contributed by atoms with Crippen LogP contribution in [-0.4, -0.2) is 37.7 Å². The Morgan fingerprint density at radius 2 is 2.29 bits per heavy atom. The lowest BCUT2D eigenvalue weighted by atomic mass is 9.96. The van der Waals surface area contributed by atoms with Crippen molar-refractivity contribution >= 4 is 5.91 Å². The highest BCUT2D eigenvalue weighted by Crippen LogP contribution is 2.19. The maximum absolute atomic E-state index is 11.8. The molecule has 0 aromatic carbocycles. The summed E-state index contributed by atoms with van der Waals surface area (Å²) in [4.78, 5) is 11.8. The monoisotopic (exact) mass is 240 g/mol. The van der Waals surface area contributed by atoms with Crippen molar-refractivity contribution in [3.05, 3.63) is 0 Å². The van der Waals surface area contributed by atoms with E-state index in [1.807, 2.05) is 6.92 Å². The normalized spacial score (nSPS) is 33.6. The predicted octanol–water partition coefficient (Wildman–Crippen LogP) is 1.06. The number of ether oxygens (including phenoxy) is 1. The Kier molecular flexibility index (Phi) is 4.80. The van der Waals surface area contributed by atoms with Gasteiger partial charge in [-0.05, 0) is 58.0 Å². The second kappa shape index (κ2) is 6.36. The molecule has 2 aliphatic heterocycles. The molecule has 0 aliphatic carbocycles. The number of hydrogen-bond donors (Lipinski definition) is 2. The first-order valence-corrected chi connectivity index (χ1v) is 6.89. The van der Waals surface area contributed by atoms with Gasteiger partial charge in [-0.2, -0.15) is 0 Å². The third-order valence-electron chi connectivity index (χ3n) is 3.78. The van der Waals surface area contributed by atoms with E-state index in [1.54, 1.807) is 0 Å². The van der Waals surface area contributed by atoms with Crippen LogP contribution in [0.2, 0.25) is 0 Å². The molecule has 0 saturated carbocycles. The third kappa shape index (κ3) is 3.96. The van der Waals surface area contributed by atoms with E-state index in [-0.39, 0.29) is 18.1 Å². The third-order valence-corrected chi connectivity index (χ3v) is 3.78. The van der Waals surface area contributed by atoms with E-state index in [1.165, 1.54) is 12.8 Å². The molecule has 4 nitrogen and oxygen atoms in total. The van der Waals surface area contributed by atoms with Crippen molar-refractivity contribution in [3.63, 3.8) is 0 Å². The molecule has 4 heteroatoms. The molecule has 3 atom stereocenters. The van der Waals surface area contributed by atoms with Crippen LogP contribution in [0.4, 0.5) is 0 Å². The van der Waals surface area contributed by atoms with Gasteiger partial charge in [-0.3, -0.25) is 4.79 Å². The van der Waals surface area contributed by atoms with Crippen molar-refractivity contribution in [1.82, 2.24) is 10.6 Å². The van der Waals surface area contributed by atoms with Crippen molar-refractivity contribution in [2.75, 3.05) is 19.6 Å². The maximum Gasteiger partial charge on any atom is 0.249 e. The van der Waals surface area contributed by atoms with E-state index in [0.717, 1.165) is 44.8 Å². The molecule has 2 saturated heterocycles. The fraction of sp³-hybridized carbons (Fsp3) is 0.923. The number of carbonyl (C=O) groups excluding carboxylic acids is 1. The fourth-order valence-corrected chi connectivity index (χ4v) is 2.68. The first-order chi connectivity index (χ1) is 8.25. The first kappa shape index (κ1) is 12.8. The molecule has 0 spiro atoms. The molecule has 2 rings (SSSR count). The zero-order chi connectivity index (χ0) is 12.1. The molecule has 3 unspecified atom stereocenters. The molecule has 0 aromatic heterocycles. The Morgan fingerprint density at radius 3 is 2.94 bits per heavy atom. The predicted molar refractivity (Wildman–Crippen MR) is 66.8 cm³/mol. The quantitative estimate of drug-likeness (QED) is 0.772. The van der Waals surface area contributed by atoms with E-state index in [4.69, 9.17) is 4.74 Å². The second-order valence-electron chi connectivity index (χ2n) is 5.30. The van der Waals surface area contributed by atoms with Crippen LogP contribution in [0, 0.1) is 5.92 Å². The van der Waals surface area contributed by atoms with Crippen molar-refractivity contribution in [2.24, 2.45) is 5.92 Å². The van der Waals surface area contributed by atoms with Gasteiger partial charge in [0.15, 0.2) is 0 Å². The van der Waals surface area contributed by atoms with Crippen molar-refractivity contribution < 1.29 is 9.53 Å². The average Bonchev–Trinajstić information content (AvgIpc) is 2.77. The van der Waals surface area contributed by atoms with E-state index < -0.39 is 0 Å². The minimum absolute atomic E-state index is 0.0816. The molecule has 17 heavy (non-hydrogen) atoms. The summed E-state index contributed by atoms with van der Waals surface area (Å²) in [6.07, 6.45) is 5.56. The van der Waals surface area contributed by atoms with Gasteiger partial charge >= 0.3 is 0 Å². The summed E-state index contributed by atoms with van der Waals surface area (Å²) in [5, 5.41) is 6.40. The Labute approximate surface area is 103 Å². The number of carbonyl (C=O) groups is 1. The minimum atomic E-state index is -0.200. The zero-order valence-corrected chi connectivity index (χ0v) is 10.7. The highest BCUT2D eigenvalue weighted by atomic mass is 16.5. The summed E-state index contributed by atoms with van der Waals surface area (Å²) in [7, 11) is 0. The van der Waals surface area contributed by atoms with E-state index in [0.29, 0.717) is 0 Å². The van der Waals surface area contributed by atoms with Gasteiger partial charge in [0.1, 0.15) is 6.10 Å². The van der Waals surface area contributed by atoms with Crippen molar-refractivity contribution in [2.45, 2.75) is 51.2 Å². The second-order valence-corrected chi connectivity index (χ2v) is 5.30. The largest absolute Gasteiger partial charge is 0.365 e. The van der Waals surface area contributed by atoms with Gasteiger partial charge in [0.2, 0.25) is 5.91 Å². The average molecular weight is 240 g/mol. The highest BCUT2D eigenvalue weighted by Gasteiger charge is 2.27. The van der Waals surface area contributed by atoms with E-state index in [9.17, 15) is 4.79 Å².